The third-order valence-corrected chi connectivity index (χ3v) is 24.6. The number of carbonyl (C=O) groups excluding carboxylic acids is 3. The van der Waals surface area contributed by atoms with Crippen molar-refractivity contribution in [1.29, 1.82) is 0 Å². The third-order valence-electron chi connectivity index (χ3n) is 24.6. The van der Waals surface area contributed by atoms with E-state index >= 15 is 0 Å². The molecule has 24 nitrogen and oxygen atoms in total. The van der Waals surface area contributed by atoms with Gasteiger partial charge in [0.15, 0.2) is 0 Å². The molecule has 0 saturated heterocycles. The highest BCUT2D eigenvalue weighted by Crippen LogP contribution is 2.22. The summed E-state index contributed by atoms with van der Waals surface area (Å²) >= 11 is 0. The number of aliphatic hydroxyl groups excluding tert-OH is 15. The molecule has 770 valence electrons. The normalized spacial score (nSPS) is 15.0. The molecule has 0 spiro atoms. The number of hydrogen-bond donors (Lipinski definition) is 20. The van der Waals surface area contributed by atoms with Crippen LogP contribution in [0.1, 0.15) is 452 Å². The molecule has 0 fully saturated rings. The smallest absolute Gasteiger partial charge is 0.305 e. The Morgan fingerprint density at radius 2 is 0.550 bits per heavy atom. The van der Waals surface area contributed by atoms with Crippen LogP contribution in [0.25, 0.3) is 0 Å². The van der Waals surface area contributed by atoms with Crippen molar-refractivity contribution in [3.63, 3.8) is 0 Å². The second kappa shape index (κ2) is 95.9. The summed E-state index contributed by atoms with van der Waals surface area (Å²) in [6, 6.07) is 10.4. The highest BCUT2D eigenvalue weighted by Gasteiger charge is 2.29. The molecule has 24 heteroatoms. The molecule has 0 radical (unpaired) electrons. The van der Waals surface area contributed by atoms with Crippen molar-refractivity contribution in [2.24, 2.45) is 17.2 Å². The number of aryl methyl sites for hydroxylation is 2. The van der Waals surface area contributed by atoms with Gasteiger partial charge in [0, 0.05) is 17.5 Å². The lowest BCUT2D eigenvalue weighted by Crippen LogP contribution is -2.50. The minimum atomic E-state index is -1.19. The zero-order valence-corrected chi connectivity index (χ0v) is 83.8. The van der Waals surface area contributed by atoms with Gasteiger partial charge in [-0.3, -0.25) is 14.4 Å². The van der Waals surface area contributed by atoms with Gasteiger partial charge in [0.05, 0.1) is 125 Å². The van der Waals surface area contributed by atoms with E-state index in [0.29, 0.717) is 56.3 Å². The fraction of sp³-hybridized carbons (Fsp3) is 0.822. The van der Waals surface area contributed by atoms with E-state index in [4.69, 9.17) is 37.3 Å². The number of amides is 2. The van der Waals surface area contributed by atoms with Gasteiger partial charge in [-0.15, -0.1) is 0 Å². The van der Waals surface area contributed by atoms with Gasteiger partial charge in [0.1, 0.15) is 6.10 Å². The predicted octanol–water partition coefficient (Wildman–Crippen LogP) is 17.9. The number of benzene rings is 2. The van der Waals surface area contributed by atoms with E-state index in [1.54, 1.807) is 36.4 Å². The lowest BCUT2D eigenvalue weighted by Gasteiger charge is -2.26. The molecular formula is C107H203N5O19. The average Bonchev–Trinajstić information content (AvgIpc) is 0.872. The Kier molecular flexibility index (Phi) is 95.7. The maximum Gasteiger partial charge on any atom is 0.305 e. The SMILES string of the molecule is CCCCCCC(=O)OCCCCCCCCC(O)C(O)C(N)CO.CCCCCCCCCCCCC(O)/C=C/C(O)C(CO)NC(=O)c1ccccc1C.CCCCCCCCCCCCC(O)/C=C/C(O)C(N)CO.CCCCCCCCCCCCCCC(O)C(O)C(CO)NC(=O)c1ccccc1C.CCCCCCCCCCCCCCC(O)C(O)C(N)CO. The quantitative estimate of drug-likeness (QED) is 0.0166. The maximum absolute atomic E-state index is 12.4. The van der Waals surface area contributed by atoms with Crippen molar-refractivity contribution < 1.29 is 95.7 Å². The van der Waals surface area contributed by atoms with Gasteiger partial charge in [0.25, 0.3) is 11.8 Å². The van der Waals surface area contributed by atoms with Crippen LogP contribution in [0.15, 0.2) is 72.8 Å². The summed E-state index contributed by atoms with van der Waals surface area (Å²) in [5.74, 6) is -0.769. The van der Waals surface area contributed by atoms with Crippen molar-refractivity contribution in [3.05, 3.63) is 95.1 Å². The molecule has 0 aliphatic rings. The first-order chi connectivity index (χ1) is 63.3. The van der Waals surface area contributed by atoms with E-state index in [1.807, 2.05) is 38.1 Å². The fourth-order valence-corrected chi connectivity index (χ4v) is 15.4. The van der Waals surface area contributed by atoms with Crippen LogP contribution in [0, 0.1) is 13.8 Å². The van der Waals surface area contributed by atoms with Gasteiger partial charge in [-0.1, -0.05) is 429 Å². The number of rotatable bonds is 83. The van der Waals surface area contributed by atoms with Crippen LogP contribution in [0.4, 0.5) is 0 Å². The van der Waals surface area contributed by atoms with Crippen LogP contribution in [0.2, 0.25) is 0 Å². The van der Waals surface area contributed by atoms with Crippen molar-refractivity contribution in [2.45, 2.75) is 525 Å². The summed E-state index contributed by atoms with van der Waals surface area (Å²) in [5.41, 5.74) is 19.1. The summed E-state index contributed by atoms with van der Waals surface area (Å²) in [4.78, 5) is 36.3. The molecule has 131 heavy (non-hydrogen) atoms. The van der Waals surface area contributed by atoms with Crippen LogP contribution in [0.5, 0.6) is 0 Å². The summed E-state index contributed by atoms with van der Waals surface area (Å²) in [7, 11) is 0. The summed E-state index contributed by atoms with van der Waals surface area (Å²) in [5, 5.41) is 150. The van der Waals surface area contributed by atoms with Crippen LogP contribution in [0.3, 0.4) is 0 Å². The second-order valence-corrected chi connectivity index (χ2v) is 37.0. The van der Waals surface area contributed by atoms with Crippen LogP contribution in [-0.4, -0.2) is 225 Å². The molecular weight excluding hydrogens is 1660 g/mol. The van der Waals surface area contributed by atoms with E-state index in [2.05, 4.69) is 45.3 Å². The molecule has 0 aromatic heterocycles. The summed E-state index contributed by atoms with van der Waals surface area (Å²) < 4.78 is 5.21. The van der Waals surface area contributed by atoms with E-state index < -0.39 is 104 Å². The summed E-state index contributed by atoms with van der Waals surface area (Å²) in [6.07, 6.45) is 66.2. The molecule has 2 aromatic carbocycles. The first-order valence-electron chi connectivity index (χ1n) is 52.6. The van der Waals surface area contributed by atoms with Gasteiger partial charge in [0.2, 0.25) is 0 Å². The van der Waals surface area contributed by atoms with E-state index in [1.165, 1.54) is 250 Å². The van der Waals surface area contributed by atoms with Gasteiger partial charge in [-0.2, -0.15) is 0 Å². The fourth-order valence-electron chi connectivity index (χ4n) is 15.4. The molecule has 0 aliphatic heterocycles. The number of nitrogens with two attached hydrogens (primary N) is 3. The standard InChI is InChI=1S/C26H43NO4.C26H45NO4.C19H39NO5.C18H37NO3.C18H39NO3/c1-3-4-5-6-7-8-9-10-11-12-16-22(29)18-19-25(30)24(20-28)27-26(31)23-17-14-13-15-21(23)2;1-3-4-5-6-7-8-9-10-11-12-13-14-19-24(29)25(30)23(20-28)27-26(31)22-18-16-15-17-21(22)2;1-2-3-4-10-13-18(23)25-14-11-8-6-5-7-9-12-17(22)19(24)16(20)15-21;1-2-3-4-5-6-7-8-9-10-11-12-16(21)13-14-18(22)17(19)15-20;1-2-3-4-5-6-7-8-9-10-11-12-13-14-17(21)18(22)16(19)15-20/h13-15,17-19,22,24-25,28-30H,3-12,16,20H2,1-2H3,(H,27,31);15-18,23-25,28-30H,3-14,19-20H2,1-2H3,(H,27,31);16-17,19,21-22,24H,2-15,20H2,1H3;13-14,16-18,20-22H,2-12,15,19H2,1H3;16-18,20-22H,2-15,19H2,1H3/b19-18+;;;14-13+;. The molecule has 15 unspecified atom stereocenters. The first-order valence-corrected chi connectivity index (χ1v) is 52.6. The number of hydrogen-bond acceptors (Lipinski definition) is 22. The van der Waals surface area contributed by atoms with Gasteiger partial charge in [-0.05, 0) is 82.1 Å². The highest BCUT2D eigenvalue weighted by molar-refractivity contribution is 5.96. The highest BCUT2D eigenvalue weighted by atomic mass is 16.5. The molecule has 15 atom stereocenters. The number of esters is 1. The first kappa shape index (κ1) is 131. The van der Waals surface area contributed by atoms with Crippen LogP contribution in [-0.2, 0) is 9.53 Å². The van der Waals surface area contributed by atoms with E-state index in [-0.39, 0.29) is 37.6 Å². The van der Waals surface area contributed by atoms with Crippen molar-refractivity contribution >= 4 is 17.8 Å². The Hall–Kier alpha value is -4.39. The zero-order chi connectivity index (χ0) is 98.0. The molecule has 2 amide bonds. The lowest BCUT2D eigenvalue weighted by atomic mass is 9.99. The van der Waals surface area contributed by atoms with Crippen molar-refractivity contribution in [1.82, 2.24) is 10.6 Å². The Morgan fingerprint density at radius 1 is 0.298 bits per heavy atom. The minimum Gasteiger partial charge on any atom is -0.466 e. The van der Waals surface area contributed by atoms with Crippen LogP contribution >= 0.6 is 0 Å². The van der Waals surface area contributed by atoms with Crippen LogP contribution < -0.4 is 27.8 Å². The summed E-state index contributed by atoms with van der Waals surface area (Å²) in [6.45, 7) is 13.6. The maximum atomic E-state index is 12.4. The topological polar surface area (TPSA) is 466 Å². The van der Waals surface area contributed by atoms with Gasteiger partial charge in [-0.25, -0.2) is 0 Å². The van der Waals surface area contributed by atoms with Crippen molar-refractivity contribution in [3.8, 4) is 0 Å². The van der Waals surface area contributed by atoms with Crippen molar-refractivity contribution in [2.75, 3.05) is 39.6 Å². The zero-order valence-electron chi connectivity index (χ0n) is 83.8. The third kappa shape index (κ3) is 79.3. The Balaban J connectivity index is -0.00000158. The monoisotopic (exact) mass is 1860 g/mol. The second-order valence-electron chi connectivity index (χ2n) is 37.0. The predicted molar refractivity (Wildman–Crippen MR) is 539 cm³/mol. The number of carbonyl (C=O) groups is 3. The molecule has 0 heterocycles. The molecule has 2 rings (SSSR count). The number of unbranched alkanes of at least 4 members (excludes halogenated alkanes) is 48. The van der Waals surface area contributed by atoms with Gasteiger partial charge < -0.3 is 109 Å². The molecule has 2 aromatic rings. The Labute approximate surface area is 796 Å². The molecule has 0 bridgehead atoms. The number of nitrogens with one attached hydrogen (secondary N) is 2. The number of aliphatic hydroxyl groups is 15. The average molecular weight is 1860 g/mol. The van der Waals surface area contributed by atoms with Gasteiger partial charge >= 0.3 is 5.97 Å². The Bertz CT molecular complexity index is 2850. The van der Waals surface area contributed by atoms with E-state index in [0.717, 1.165) is 120 Å². The lowest BCUT2D eigenvalue weighted by molar-refractivity contribution is -0.143. The molecule has 23 N–H and O–H groups in total. The largest absolute Gasteiger partial charge is 0.466 e. The molecule has 0 aliphatic carbocycles. The minimum absolute atomic E-state index is 0.0789. The van der Waals surface area contributed by atoms with E-state index in [9.17, 15) is 75.7 Å². The number of ether oxygens (including phenoxy) is 1. The Morgan fingerprint density at radius 3 is 0.840 bits per heavy atom. The molecule has 0 saturated carbocycles.